The fraction of sp³-hybridized carbons (Fsp3) is 0.312. The maximum Gasteiger partial charge on any atom is 0.231 e. The zero-order valence-corrected chi connectivity index (χ0v) is 15.0. The van der Waals surface area contributed by atoms with E-state index in [1.165, 1.54) is 29.5 Å². The first kappa shape index (κ1) is 18.4. The standard InChI is InChI=1S/C16H17ClFN3O2S/c1-16(2,3)14(23)21-15-20-10(8-24-15)7-13(22)19-9-4-5-12(18)11(17)6-9/h4-6,8H,7H2,1-3H3,(H,19,22)(H,20,21,23). The van der Waals surface area contributed by atoms with Gasteiger partial charge in [-0.15, -0.1) is 11.3 Å². The lowest BCUT2D eigenvalue weighted by Crippen LogP contribution is -2.27. The Bertz CT molecular complexity index is 771. The number of anilines is 2. The van der Waals surface area contributed by atoms with Crippen molar-refractivity contribution in [2.45, 2.75) is 27.2 Å². The van der Waals surface area contributed by atoms with Gasteiger partial charge in [0, 0.05) is 16.5 Å². The van der Waals surface area contributed by atoms with Gasteiger partial charge in [-0.1, -0.05) is 32.4 Å². The van der Waals surface area contributed by atoms with E-state index in [0.717, 1.165) is 0 Å². The molecule has 0 aliphatic rings. The molecule has 2 amide bonds. The van der Waals surface area contributed by atoms with Crippen molar-refractivity contribution in [3.05, 3.63) is 40.1 Å². The molecule has 5 nitrogen and oxygen atoms in total. The summed E-state index contributed by atoms with van der Waals surface area (Å²) in [5, 5.41) is 7.43. The van der Waals surface area contributed by atoms with Gasteiger partial charge in [0.25, 0.3) is 0 Å². The first-order chi connectivity index (χ1) is 11.1. The molecule has 0 radical (unpaired) electrons. The first-order valence-electron chi connectivity index (χ1n) is 7.16. The molecule has 0 spiro atoms. The van der Waals surface area contributed by atoms with Gasteiger partial charge in [0.2, 0.25) is 11.8 Å². The average molecular weight is 370 g/mol. The third-order valence-corrected chi connectivity index (χ3v) is 4.09. The number of hydrogen-bond acceptors (Lipinski definition) is 4. The summed E-state index contributed by atoms with van der Waals surface area (Å²) in [6.45, 7) is 5.41. The molecule has 2 rings (SSSR count). The molecular weight excluding hydrogens is 353 g/mol. The van der Waals surface area contributed by atoms with Crippen molar-refractivity contribution in [2.75, 3.05) is 10.6 Å². The summed E-state index contributed by atoms with van der Waals surface area (Å²) >= 11 is 6.92. The number of hydrogen-bond donors (Lipinski definition) is 2. The zero-order valence-electron chi connectivity index (χ0n) is 13.4. The highest BCUT2D eigenvalue weighted by molar-refractivity contribution is 7.13. The first-order valence-corrected chi connectivity index (χ1v) is 8.41. The van der Waals surface area contributed by atoms with Crippen molar-refractivity contribution in [3.8, 4) is 0 Å². The smallest absolute Gasteiger partial charge is 0.231 e. The molecule has 0 unspecified atom stereocenters. The molecular formula is C16H17ClFN3O2S. The van der Waals surface area contributed by atoms with Crippen LogP contribution in [0.5, 0.6) is 0 Å². The van der Waals surface area contributed by atoms with E-state index in [1.54, 1.807) is 26.2 Å². The molecule has 2 aromatic rings. The molecule has 24 heavy (non-hydrogen) atoms. The number of thiazole rings is 1. The maximum absolute atomic E-state index is 13.1. The second-order valence-corrected chi connectivity index (χ2v) is 7.47. The number of nitrogens with one attached hydrogen (secondary N) is 2. The number of benzene rings is 1. The molecule has 1 aromatic heterocycles. The third-order valence-electron chi connectivity index (χ3n) is 3.00. The van der Waals surface area contributed by atoms with Gasteiger partial charge in [-0.2, -0.15) is 0 Å². The summed E-state index contributed by atoms with van der Waals surface area (Å²) in [5.74, 6) is -1.00. The van der Waals surface area contributed by atoms with Crippen LogP contribution in [0, 0.1) is 11.2 Å². The van der Waals surface area contributed by atoms with Crippen molar-refractivity contribution in [2.24, 2.45) is 5.41 Å². The minimum atomic E-state index is -0.548. The van der Waals surface area contributed by atoms with E-state index in [-0.39, 0.29) is 23.3 Å². The summed E-state index contributed by atoms with van der Waals surface area (Å²) in [5.41, 5.74) is 0.420. The number of amides is 2. The highest BCUT2D eigenvalue weighted by Crippen LogP contribution is 2.22. The fourth-order valence-electron chi connectivity index (χ4n) is 1.67. The van der Waals surface area contributed by atoms with Crippen LogP contribution in [0.3, 0.4) is 0 Å². The topological polar surface area (TPSA) is 71.1 Å². The van der Waals surface area contributed by atoms with Crippen LogP contribution < -0.4 is 10.6 Å². The summed E-state index contributed by atoms with van der Waals surface area (Å²) < 4.78 is 13.1. The Hall–Kier alpha value is -1.99. The van der Waals surface area contributed by atoms with Crippen molar-refractivity contribution in [1.29, 1.82) is 0 Å². The van der Waals surface area contributed by atoms with Crippen LogP contribution in [0.1, 0.15) is 26.5 Å². The van der Waals surface area contributed by atoms with Crippen LogP contribution in [0.15, 0.2) is 23.6 Å². The predicted molar refractivity (Wildman–Crippen MR) is 93.9 cm³/mol. The Balaban J connectivity index is 1.95. The molecule has 1 heterocycles. The Morgan fingerprint density at radius 2 is 2.00 bits per heavy atom. The van der Waals surface area contributed by atoms with Gasteiger partial charge in [0.1, 0.15) is 5.82 Å². The van der Waals surface area contributed by atoms with E-state index >= 15 is 0 Å². The minimum Gasteiger partial charge on any atom is -0.326 e. The second kappa shape index (κ2) is 7.27. The van der Waals surface area contributed by atoms with Crippen LogP contribution in [-0.4, -0.2) is 16.8 Å². The van der Waals surface area contributed by atoms with Gasteiger partial charge in [-0.25, -0.2) is 9.37 Å². The van der Waals surface area contributed by atoms with Crippen LogP contribution in [0.2, 0.25) is 5.02 Å². The lowest BCUT2D eigenvalue weighted by molar-refractivity contribution is -0.123. The predicted octanol–water partition coefficient (Wildman–Crippen LogP) is 4.10. The molecule has 0 bridgehead atoms. The van der Waals surface area contributed by atoms with Crippen LogP contribution in [-0.2, 0) is 16.0 Å². The highest BCUT2D eigenvalue weighted by atomic mass is 35.5. The molecule has 0 fully saturated rings. The second-order valence-electron chi connectivity index (χ2n) is 6.20. The Labute approximate surface area is 148 Å². The van der Waals surface area contributed by atoms with Gasteiger partial charge in [0.05, 0.1) is 17.1 Å². The van der Waals surface area contributed by atoms with Crippen molar-refractivity contribution < 1.29 is 14.0 Å². The van der Waals surface area contributed by atoms with Gasteiger partial charge < -0.3 is 10.6 Å². The Kier molecular flexibility index (Phi) is 5.56. The lowest BCUT2D eigenvalue weighted by atomic mass is 9.96. The molecule has 0 atom stereocenters. The van der Waals surface area contributed by atoms with Crippen LogP contribution in [0.4, 0.5) is 15.2 Å². The van der Waals surface area contributed by atoms with Crippen molar-refractivity contribution >= 4 is 45.6 Å². The Morgan fingerprint density at radius 1 is 1.29 bits per heavy atom. The van der Waals surface area contributed by atoms with E-state index in [4.69, 9.17) is 11.6 Å². The van der Waals surface area contributed by atoms with E-state index in [2.05, 4.69) is 15.6 Å². The van der Waals surface area contributed by atoms with Crippen molar-refractivity contribution in [1.82, 2.24) is 4.98 Å². The van der Waals surface area contributed by atoms with E-state index < -0.39 is 11.2 Å². The van der Waals surface area contributed by atoms with Gasteiger partial charge >= 0.3 is 0 Å². The third kappa shape index (κ3) is 5.01. The van der Waals surface area contributed by atoms with Crippen LogP contribution >= 0.6 is 22.9 Å². The number of aromatic nitrogens is 1. The molecule has 0 saturated heterocycles. The summed E-state index contributed by atoms with van der Waals surface area (Å²) in [4.78, 5) is 28.1. The fourth-order valence-corrected chi connectivity index (χ4v) is 2.56. The molecule has 0 aliphatic heterocycles. The van der Waals surface area contributed by atoms with E-state index in [1.807, 2.05) is 0 Å². The van der Waals surface area contributed by atoms with Crippen molar-refractivity contribution in [3.63, 3.8) is 0 Å². The number of halogens is 2. The molecule has 128 valence electrons. The summed E-state index contributed by atoms with van der Waals surface area (Å²) in [6, 6.07) is 3.95. The monoisotopic (exact) mass is 369 g/mol. The van der Waals surface area contributed by atoms with Gasteiger partial charge in [0.15, 0.2) is 5.13 Å². The van der Waals surface area contributed by atoms with E-state index in [9.17, 15) is 14.0 Å². The number of carbonyl (C=O) groups excluding carboxylic acids is 2. The van der Waals surface area contributed by atoms with Crippen LogP contribution in [0.25, 0.3) is 0 Å². The molecule has 8 heteroatoms. The normalized spacial score (nSPS) is 11.2. The molecule has 1 aromatic carbocycles. The quantitative estimate of drug-likeness (QED) is 0.852. The number of nitrogens with zero attached hydrogens (tertiary/aromatic N) is 1. The summed E-state index contributed by atoms with van der Waals surface area (Å²) in [7, 11) is 0. The maximum atomic E-state index is 13.1. The number of carbonyl (C=O) groups is 2. The largest absolute Gasteiger partial charge is 0.326 e. The van der Waals surface area contributed by atoms with Gasteiger partial charge in [-0.05, 0) is 18.2 Å². The molecule has 0 aliphatic carbocycles. The van der Waals surface area contributed by atoms with Gasteiger partial charge in [-0.3, -0.25) is 9.59 Å². The average Bonchev–Trinajstić information content (AvgIpc) is 2.89. The molecule has 0 saturated carbocycles. The Morgan fingerprint density at radius 3 is 2.62 bits per heavy atom. The highest BCUT2D eigenvalue weighted by Gasteiger charge is 2.22. The minimum absolute atomic E-state index is 0.0386. The number of rotatable bonds is 4. The SMILES string of the molecule is CC(C)(C)C(=O)Nc1nc(CC(=O)Nc2ccc(F)c(Cl)c2)cs1. The summed E-state index contributed by atoms with van der Waals surface area (Å²) in [6.07, 6.45) is 0.0386. The van der Waals surface area contributed by atoms with E-state index in [0.29, 0.717) is 16.5 Å². The molecule has 2 N–H and O–H groups in total. The zero-order chi connectivity index (χ0) is 17.9. The lowest BCUT2D eigenvalue weighted by Gasteiger charge is -2.15.